The highest BCUT2D eigenvalue weighted by Gasteiger charge is 2.21. The highest BCUT2D eigenvalue weighted by atomic mass is 16.4. The summed E-state index contributed by atoms with van der Waals surface area (Å²) in [5.41, 5.74) is 2.42. The Morgan fingerprint density at radius 2 is 2.11 bits per heavy atom. The van der Waals surface area contributed by atoms with E-state index in [1.807, 2.05) is 20.9 Å². The van der Waals surface area contributed by atoms with Crippen LogP contribution in [0.25, 0.3) is 11.1 Å². The largest absolute Gasteiger partial charge is 0.431 e. The second-order valence-electron chi connectivity index (χ2n) is 4.91. The Balaban J connectivity index is 2.16. The normalized spacial score (nSPS) is 11.2. The maximum Gasteiger partial charge on any atom is 0.287 e. The molecule has 0 unspecified atom stereocenters. The summed E-state index contributed by atoms with van der Waals surface area (Å²) in [6.07, 6.45) is 3.27. The summed E-state index contributed by atoms with van der Waals surface area (Å²) in [5.74, 6) is 0.242. The molecule has 2 aromatic heterocycles. The standard InChI is InChI=1S/C14H21N3O2/c1-5-6-7-8-15-13(18)12-9(2)11-10(3)17(4)16-14(11)19-12/h5-8H2,1-4H3,(H,15,18). The quantitative estimate of drug-likeness (QED) is 0.844. The first-order valence-electron chi connectivity index (χ1n) is 6.77. The first-order valence-corrected chi connectivity index (χ1v) is 6.77. The number of amides is 1. The molecule has 0 saturated carbocycles. The van der Waals surface area contributed by atoms with E-state index in [0.717, 1.165) is 35.9 Å². The van der Waals surface area contributed by atoms with Crippen molar-refractivity contribution in [2.45, 2.75) is 40.0 Å². The third kappa shape index (κ3) is 2.50. The van der Waals surface area contributed by atoms with Gasteiger partial charge in [0.1, 0.15) is 0 Å². The molecule has 0 saturated heterocycles. The Hall–Kier alpha value is -1.78. The number of fused-ring (bicyclic) bond motifs is 1. The van der Waals surface area contributed by atoms with Crippen molar-refractivity contribution in [2.24, 2.45) is 7.05 Å². The number of unbranched alkanes of at least 4 members (excludes halogenated alkanes) is 2. The van der Waals surface area contributed by atoms with Crippen LogP contribution in [-0.2, 0) is 7.05 Å². The van der Waals surface area contributed by atoms with Crippen LogP contribution < -0.4 is 5.32 Å². The van der Waals surface area contributed by atoms with Crippen LogP contribution in [0.4, 0.5) is 0 Å². The van der Waals surface area contributed by atoms with Crippen LogP contribution in [0.1, 0.15) is 48.0 Å². The lowest BCUT2D eigenvalue weighted by Gasteiger charge is -2.03. The Kier molecular flexibility index (Phi) is 3.93. The van der Waals surface area contributed by atoms with E-state index >= 15 is 0 Å². The van der Waals surface area contributed by atoms with Crippen molar-refractivity contribution < 1.29 is 9.21 Å². The number of aryl methyl sites for hydroxylation is 3. The van der Waals surface area contributed by atoms with Crippen LogP contribution in [0.5, 0.6) is 0 Å². The van der Waals surface area contributed by atoms with Gasteiger partial charge in [-0.3, -0.25) is 9.48 Å². The van der Waals surface area contributed by atoms with Crippen LogP contribution in [0, 0.1) is 13.8 Å². The smallest absolute Gasteiger partial charge is 0.287 e. The molecule has 5 nitrogen and oxygen atoms in total. The molecule has 1 N–H and O–H groups in total. The molecule has 2 aromatic rings. The molecule has 0 fully saturated rings. The van der Waals surface area contributed by atoms with Crippen molar-refractivity contribution >= 4 is 17.0 Å². The van der Waals surface area contributed by atoms with Gasteiger partial charge < -0.3 is 9.73 Å². The van der Waals surface area contributed by atoms with Gasteiger partial charge in [-0.25, -0.2) is 0 Å². The molecule has 0 atom stereocenters. The number of carbonyl (C=O) groups is 1. The monoisotopic (exact) mass is 263 g/mol. The minimum atomic E-state index is -0.145. The summed E-state index contributed by atoms with van der Waals surface area (Å²) in [6, 6.07) is 0. The minimum absolute atomic E-state index is 0.145. The van der Waals surface area contributed by atoms with E-state index < -0.39 is 0 Å². The number of aromatic nitrogens is 2. The molecule has 19 heavy (non-hydrogen) atoms. The summed E-state index contributed by atoms with van der Waals surface area (Å²) in [4.78, 5) is 12.1. The van der Waals surface area contributed by atoms with Gasteiger partial charge in [-0.15, -0.1) is 5.10 Å². The predicted molar refractivity (Wildman–Crippen MR) is 74.3 cm³/mol. The third-order valence-corrected chi connectivity index (χ3v) is 3.49. The van der Waals surface area contributed by atoms with E-state index in [-0.39, 0.29) is 5.91 Å². The molecule has 2 rings (SSSR count). The third-order valence-electron chi connectivity index (χ3n) is 3.49. The summed E-state index contributed by atoms with van der Waals surface area (Å²) >= 11 is 0. The van der Waals surface area contributed by atoms with Gasteiger partial charge in [0.2, 0.25) is 5.71 Å². The van der Waals surface area contributed by atoms with Gasteiger partial charge in [-0.1, -0.05) is 19.8 Å². The van der Waals surface area contributed by atoms with Gasteiger partial charge in [0.05, 0.1) is 5.39 Å². The van der Waals surface area contributed by atoms with Crippen molar-refractivity contribution in [3.63, 3.8) is 0 Å². The molecule has 0 bridgehead atoms. The zero-order valence-electron chi connectivity index (χ0n) is 12.0. The Bertz CT molecular complexity index is 595. The van der Waals surface area contributed by atoms with E-state index in [1.54, 1.807) is 4.68 Å². The van der Waals surface area contributed by atoms with Crippen molar-refractivity contribution in [1.82, 2.24) is 15.1 Å². The summed E-state index contributed by atoms with van der Waals surface area (Å²) in [6.45, 7) is 6.71. The van der Waals surface area contributed by atoms with E-state index in [2.05, 4.69) is 17.3 Å². The summed E-state index contributed by atoms with van der Waals surface area (Å²) in [5, 5.41) is 8.09. The van der Waals surface area contributed by atoms with Crippen LogP contribution in [0.3, 0.4) is 0 Å². The average Bonchev–Trinajstić information content (AvgIpc) is 2.84. The molecule has 0 aliphatic heterocycles. The fraction of sp³-hybridized carbons (Fsp3) is 0.571. The maximum absolute atomic E-state index is 12.1. The SMILES string of the molecule is CCCCCNC(=O)c1oc2nn(C)c(C)c2c1C. The van der Waals surface area contributed by atoms with E-state index in [0.29, 0.717) is 18.0 Å². The first kappa shape index (κ1) is 13.6. The van der Waals surface area contributed by atoms with Crippen LogP contribution in [-0.4, -0.2) is 22.2 Å². The Morgan fingerprint density at radius 3 is 2.74 bits per heavy atom. The van der Waals surface area contributed by atoms with E-state index in [9.17, 15) is 4.79 Å². The maximum atomic E-state index is 12.1. The fourth-order valence-corrected chi connectivity index (χ4v) is 2.24. The van der Waals surface area contributed by atoms with E-state index in [1.165, 1.54) is 0 Å². The number of rotatable bonds is 5. The number of hydrogen-bond acceptors (Lipinski definition) is 3. The highest BCUT2D eigenvalue weighted by Crippen LogP contribution is 2.27. The zero-order valence-corrected chi connectivity index (χ0v) is 12.0. The molecular weight excluding hydrogens is 242 g/mol. The van der Waals surface area contributed by atoms with Gasteiger partial charge in [0.15, 0.2) is 5.76 Å². The molecule has 1 amide bonds. The zero-order chi connectivity index (χ0) is 14.0. The summed E-state index contributed by atoms with van der Waals surface area (Å²) < 4.78 is 7.34. The molecule has 2 heterocycles. The van der Waals surface area contributed by atoms with Crippen molar-refractivity contribution in [3.8, 4) is 0 Å². The Labute approximate surface area is 113 Å². The predicted octanol–water partition coefficient (Wildman–Crippen LogP) is 2.70. The molecule has 5 heteroatoms. The lowest BCUT2D eigenvalue weighted by molar-refractivity contribution is 0.0926. The molecule has 0 aromatic carbocycles. The first-order chi connectivity index (χ1) is 9.06. The van der Waals surface area contributed by atoms with Crippen LogP contribution >= 0.6 is 0 Å². The van der Waals surface area contributed by atoms with Crippen molar-refractivity contribution in [2.75, 3.05) is 6.54 Å². The van der Waals surface area contributed by atoms with Gasteiger partial charge in [-0.2, -0.15) is 0 Å². The molecule has 0 aliphatic rings. The number of hydrogen-bond donors (Lipinski definition) is 1. The number of nitrogens with zero attached hydrogens (tertiary/aromatic N) is 2. The lowest BCUT2D eigenvalue weighted by Crippen LogP contribution is -2.24. The lowest BCUT2D eigenvalue weighted by atomic mass is 10.1. The van der Waals surface area contributed by atoms with Crippen LogP contribution in [0.2, 0.25) is 0 Å². The van der Waals surface area contributed by atoms with Crippen molar-refractivity contribution in [3.05, 3.63) is 17.0 Å². The van der Waals surface area contributed by atoms with Gasteiger partial charge in [0, 0.05) is 24.8 Å². The fourth-order valence-electron chi connectivity index (χ4n) is 2.24. The Morgan fingerprint density at radius 1 is 1.37 bits per heavy atom. The minimum Gasteiger partial charge on any atom is -0.431 e. The summed E-state index contributed by atoms with van der Waals surface area (Å²) in [7, 11) is 1.87. The van der Waals surface area contributed by atoms with Gasteiger partial charge >= 0.3 is 0 Å². The number of carbonyl (C=O) groups excluding carboxylic acids is 1. The number of nitrogens with one attached hydrogen (secondary N) is 1. The van der Waals surface area contributed by atoms with E-state index in [4.69, 9.17) is 4.42 Å². The van der Waals surface area contributed by atoms with Gasteiger partial charge in [0.25, 0.3) is 5.91 Å². The molecule has 0 radical (unpaired) electrons. The number of furan rings is 1. The topological polar surface area (TPSA) is 60.1 Å². The molecule has 104 valence electrons. The molecular formula is C14H21N3O2. The highest BCUT2D eigenvalue weighted by molar-refractivity contribution is 5.98. The second-order valence-corrected chi connectivity index (χ2v) is 4.91. The molecule has 0 aliphatic carbocycles. The molecule has 0 spiro atoms. The second kappa shape index (κ2) is 5.47. The van der Waals surface area contributed by atoms with Crippen LogP contribution in [0.15, 0.2) is 4.42 Å². The average molecular weight is 263 g/mol. The van der Waals surface area contributed by atoms with Gasteiger partial charge in [-0.05, 0) is 20.3 Å². The van der Waals surface area contributed by atoms with Crippen molar-refractivity contribution in [1.29, 1.82) is 0 Å².